The molecule has 1 N–H and O–H groups in total. The van der Waals surface area contributed by atoms with E-state index >= 15 is 0 Å². The maximum atomic E-state index is 5.72. The molecule has 96 valence electrons. The lowest BCUT2D eigenvalue weighted by Crippen LogP contribution is -2.29. The monoisotopic (exact) mass is 318 g/mol. The maximum absolute atomic E-state index is 5.72. The third kappa shape index (κ3) is 6.39. The smallest absolute Gasteiger partial charge is 0.0410 e. The third-order valence-electron chi connectivity index (χ3n) is 2.68. The normalized spacial score (nSPS) is 11.8. The summed E-state index contributed by atoms with van der Waals surface area (Å²) in [5.41, 5.74) is 1.50. The second kappa shape index (κ2) is 7.34. The lowest BCUT2D eigenvalue weighted by atomic mass is 9.88. The zero-order valence-electron chi connectivity index (χ0n) is 10.5. The number of alkyl halides is 1. The Morgan fingerprint density at radius 3 is 2.82 bits per heavy atom. The first-order valence-electron chi connectivity index (χ1n) is 5.90. The molecule has 0 saturated heterocycles. The molecule has 2 nitrogen and oxygen atoms in total. The molecule has 0 bridgehead atoms. The third-order valence-corrected chi connectivity index (χ3v) is 3.38. The van der Waals surface area contributed by atoms with Gasteiger partial charge in [-0.15, -0.1) is 11.6 Å². The van der Waals surface area contributed by atoms with Gasteiger partial charge in [-0.2, -0.15) is 0 Å². The molecule has 0 aromatic carbocycles. The molecule has 0 amide bonds. The molecule has 0 saturated carbocycles. The Morgan fingerprint density at radius 1 is 1.41 bits per heavy atom. The number of hydrogen-bond donors (Lipinski definition) is 1. The molecule has 0 aliphatic rings. The van der Waals surface area contributed by atoms with Crippen LogP contribution in [-0.4, -0.2) is 17.4 Å². The molecule has 1 aromatic heterocycles. The molecule has 0 atom stereocenters. The van der Waals surface area contributed by atoms with Crippen molar-refractivity contribution in [2.75, 3.05) is 12.4 Å². The standard InChI is InChI=1S/C13H20BrClN2/c1-13(2,4-3-5-15)10-17-8-11-6-12(14)9-16-7-11/h6-7,9,17H,3-5,8,10H2,1-2H3. The predicted octanol–water partition coefficient (Wildman–Crippen LogP) is 3.98. The Kier molecular flexibility index (Phi) is 6.45. The van der Waals surface area contributed by atoms with Crippen molar-refractivity contribution >= 4 is 27.5 Å². The first-order valence-corrected chi connectivity index (χ1v) is 7.22. The fourth-order valence-electron chi connectivity index (χ4n) is 1.73. The topological polar surface area (TPSA) is 24.9 Å². The van der Waals surface area contributed by atoms with Crippen LogP contribution >= 0.6 is 27.5 Å². The zero-order valence-corrected chi connectivity index (χ0v) is 12.8. The number of halogens is 2. The number of pyridine rings is 1. The molecule has 0 fully saturated rings. The summed E-state index contributed by atoms with van der Waals surface area (Å²) in [6, 6.07) is 2.09. The van der Waals surface area contributed by atoms with Gasteiger partial charge in [0.25, 0.3) is 0 Å². The molecule has 0 radical (unpaired) electrons. The molecular weight excluding hydrogens is 300 g/mol. The van der Waals surface area contributed by atoms with Crippen molar-refractivity contribution < 1.29 is 0 Å². The van der Waals surface area contributed by atoms with Crippen molar-refractivity contribution in [2.24, 2.45) is 5.41 Å². The molecule has 0 aliphatic carbocycles. The van der Waals surface area contributed by atoms with E-state index in [0.717, 1.165) is 36.3 Å². The van der Waals surface area contributed by atoms with Gasteiger partial charge in [0.05, 0.1) is 0 Å². The maximum Gasteiger partial charge on any atom is 0.0410 e. The van der Waals surface area contributed by atoms with Crippen LogP contribution in [0.3, 0.4) is 0 Å². The Balaban J connectivity index is 2.32. The molecule has 17 heavy (non-hydrogen) atoms. The second-order valence-corrected chi connectivity index (χ2v) is 6.37. The van der Waals surface area contributed by atoms with Gasteiger partial charge < -0.3 is 5.32 Å². The lowest BCUT2D eigenvalue weighted by Gasteiger charge is -2.24. The number of nitrogens with one attached hydrogen (secondary N) is 1. The van der Waals surface area contributed by atoms with Gasteiger partial charge in [-0.3, -0.25) is 4.98 Å². The predicted molar refractivity (Wildman–Crippen MR) is 77.4 cm³/mol. The highest BCUT2D eigenvalue weighted by molar-refractivity contribution is 9.10. The van der Waals surface area contributed by atoms with Crippen molar-refractivity contribution in [1.82, 2.24) is 10.3 Å². The number of nitrogens with zero attached hydrogens (tertiary/aromatic N) is 1. The molecule has 1 rings (SSSR count). The van der Waals surface area contributed by atoms with Crippen LogP contribution in [0.5, 0.6) is 0 Å². The SMILES string of the molecule is CC(C)(CCCCl)CNCc1cncc(Br)c1. The van der Waals surface area contributed by atoms with Gasteiger partial charge in [0, 0.05) is 35.8 Å². The van der Waals surface area contributed by atoms with E-state index in [1.54, 1.807) is 6.20 Å². The Bertz CT molecular complexity index is 342. The summed E-state index contributed by atoms with van der Waals surface area (Å²) in [4.78, 5) is 4.14. The molecule has 4 heteroatoms. The van der Waals surface area contributed by atoms with Gasteiger partial charge in [0.15, 0.2) is 0 Å². The zero-order chi connectivity index (χ0) is 12.7. The first kappa shape index (κ1) is 14.9. The molecule has 1 aromatic rings. The van der Waals surface area contributed by atoms with E-state index < -0.39 is 0 Å². The minimum absolute atomic E-state index is 0.300. The van der Waals surface area contributed by atoms with Crippen molar-refractivity contribution in [2.45, 2.75) is 33.2 Å². The Morgan fingerprint density at radius 2 is 2.18 bits per heavy atom. The summed E-state index contributed by atoms with van der Waals surface area (Å²) >= 11 is 9.14. The summed E-state index contributed by atoms with van der Waals surface area (Å²) in [5, 5.41) is 3.47. The molecule has 0 unspecified atom stereocenters. The largest absolute Gasteiger partial charge is 0.312 e. The minimum Gasteiger partial charge on any atom is -0.312 e. The van der Waals surface area contributed by atoms with Gasteiger partial charge >= 0.3 is 0 Å². The van der Waals surface area contributed by atoms with E-state index in [0.29, 0.717) is 5.41 Å². The average molecular weight is 320 g/mol. The summed E-state index contributed by atoms with van der Waals surface area (Å²) < 4.78 is 1.03. The molecule has 0 aliphatic heterocycles. The van der Waals surface area contributed by atoms with Crippen molar-refractivity contribution in [1.29, 1.82) is 0 Å². The molecular formula is C13H20BrClN2. The fourth-order valence-corrected chi connectivity index (χ4v) is 2.28. The van der Waals surface area contributed by atoms with E-state index in [1.165, 1.54) is 5.56 Å². The van der Waals surface area contributed by atoms with Crippen LogP contribution in [-0.2, 0) is 6.54 Å². The van der Waals surface area contributed by atoms with Crippen LogP contribution in [0.25, 0.3) is 0 Å². The number of hydrogen-bond acceptors (Lipinski definition) is 2. The van der Waals surface area contributed by atoms with Crippen LogP contribution in [0, 0.1) is 5.41 Å². The van der Waals surface area contributed by atoms with Crippen molar-refractivity contribution in [3.8, 4) is 0 Å². The quantitative estimate of drug-likeness (QED) is 0.769. The van der Waals surface area contributed by atoms with Gasteiger partial charge in [0.1, 0.15) is 0 Å². The highest BCUT2D eigenvalue weighted by Gasteiger charge is 2.16. The summed E-state index contributed by atoms with van der Waals surface area (Å²) in [7, 11) is 0. The highest BCUT2D eigenvalue weighted by atomic mass is 79.9. The van der Waals surface area contributed by atoms with Crippen molar-refractivity contribution in [3.63, 3.8) is 0 Å². The summed E-state index contributed by atoms with van der Waals surface area (Å²) in [6.07, 6.45) is 5.92. The minimum atomic E-state index is 0.300. The molecule has 0 spiro atoms. The summed E-state index contributed by atoms with van der Waals surface area (Å²) in [6.45, 7) is 6.39. The summed E-state index contributed by atoms with van der Waals surface area (Å²) in [5.74, 6) is 0.749. The van der Waals surface area contributed by atoms with Crippen LogP contribution in [0.4, 0.5) is 0 Å². The van der Waals surface area contributed by atoms with Crippen LogP contribution in [0.2, 0.25) is 0 Å². The second-order valence-electron chi connectivity index (χ2n) is 5.07. The molecule has 1 heterocycles. The van der Waals surface area contributed by atoms with E-state index in [9.17, 15) is 0 Å². The number of rotatable bonds is 7. The fraction of sp³-hybridized carbons (Fsp3) is 0.615. The van der Waals surface area contributed by atoms with Crippen molar-refractivity contribution in [3.05, 3.63) is 28.5 Å². The van der Waals surface area contributed by atoms with E-state index in [4.69, 9.17) is 11.6 Å². The van der Waals surface area contributed by atoms with E-state index in [1.807, 2.05) is 6.20 Å². The number of aromatic nitrogens is 1. The van der Waals surface area contributed by atoms with Gasteiger partial charge in [-0.1, -0.05) is 13.8 Å². The van der Waals surface area contributed by atoms with Gasteiger partial charge in [-0.25, -0.2) is 0 Å². The van der Waals surface area contributed by atoms with Crippen LogP contribution in [0.15, 0.2) is 22.9 Å². The lowest BCUT2D eigenvalue weighted by molar-refractivity contribution is 0.311. The van der Waals surface area contributed by atoms with Crippen LogP contribution in [0.1, 0.15) is 32.3 Å². The van der Waals surface area contributed by atoms with E-state index in [2.05, 4.69) is 46.1 Å². The highest BCUT2D eigenvalue weighted by Crippen LogP contribution is 2.21. The average Bonchev–Trinajstić information content (AvgIpc) is 2.26. The Labute approximate surface area is 117 Å². The Hall–Kier alpha value is -0.120. The van der Waals surface area contributed by atoms with Gasteiger partial charge in [-0.05, 0) is 45.8 Å². The van der Waals surface area contributed by atoms with Crippen LogP contribution < -0.4 is 5.32 Å². The first-order chi connectivity index (χ1) is 8.03. The van der Waals surface area contributed by atoms with E-state index in [-0.39, 0.29) is 0 Å². The van der Waals surface area contributed by atoms with Gasteiger partial charge in [0.2, 0.25) is 0 Å².